The Morgan fingerprint density at radius 2 is 1.94 bits per heavy atom. The maximum atomic E-state index is 11.7. The van der Waals surface area contributed by atoms with Crippen molar-refractivity contribution in [2.75, 3.05) is 18.9 Å². The highest BCUT2D eigenvalue weighted by atomic mass is 35.5. The van der Waals surface area contributed by atoms with E-state index in [9.17, 15) is 4.79 Å². The summed E-state index contributed by atoms with van der Waals surface area (Å²) in [6, 6.07) is 6.96. The van der Waals surface area contributed by atoms with E-state index in [1.54, 1.807) is 36.2 Å². The van der Waals surface area contributed by atoms with E-state index < -0.39 is 0 Å². The average Bonchev–Trinajstić information content (AvgIpc) is 2.20. The average molecular weight is 241 g/mol. The van der Waals surface area contributed by atoms with Gasteiger partial charge in [-0.3, -0.25) is 0 Å². The van der Waals surface area contributed by atoms with E-state index in [0.29, 0.717) is 10.9 Å². The molecule has 0 bridgehead atoms. The Morgan fingerprint density at radius 1 is 1.38 bits per heavy atom. The van der Waals surface area contributed by atoms with Crippen molar-refractivity contribution in [3.8, 4) is 0 Å². The molecule has 0 saturated heterocycles. The highest BCUT2D eigenvalue weighted by Gasteiger charge is 2.09. The number of nitrogens with one attached hydrogen (secondary N) is 1. The summed E-state index contributed by atoms with van der Waals surface area (Å²) in [6.45, 7) is 4.89. The van der Waals surface area contributed by atoms with Crippen LogP contribution in [-0.2, 0) is 0 Å². The van der Waals surface area contributed by atoms with E-state index in [1.165, 1.54) is 0 Å². The monoisotopic (exact) mass is 240 g/mol. The Hall–Kier alpha value is -1.22. The molecular weight excluding hydrogens is 224 g/mol. The van der Waals surface area contributed by atoms with Crippen LogP contribution in [-0.4, -0.2) is 24.5 Å². The van der Waals surface area contributed by atoms with Gasteiger partial charge in [0.05, 0.1) is 0 Å². The second kappa shape index (κ2) is 5.75. The smallest absolute Gasteiger partial charge is 0.321 e. The Bertz CT molecular complexity index is 349. The van der Waals surface area contributed by atoms with Crippen molar-refractivity contribution in [2.45, 2.75) is 13.8 Å². The Morgan fingerprint density at radius 3 is 2.44 bits per heavy atom. The second-order valence-electron chi connectivity index (χ2n) is 4.21. The fraction of sp³-hybridized carbons (Fsp3) is 0.417. The van der Waals surface area contributed by atoms with Crippen molar-refractivity contribution in [1.29, 1.82) is 0 Å². The summed E-state index contributed by atoms with van der Waals surface area (Å²) in [7, 11) is 1.78. The van der Waals surface area contributed by atoms with Crippen molar-refractivity contribution in [3.63, 3.8) is 0 Å². The van der Waals surface area contributed by atoms with E-state index >= 15 is 0 Å². The zero-order valence-electron chi connectivity index (χ0n) is 9.83. The van der Waals surface area contributed by atoms with Crippen molar-refractivity contribution in [1.82, 2.24) is 4.90 Å². The van der Waals surface area contributed by atoms with Gasteiger partial charge in [0.25, 0.3) is 0 Å². The van der Waals surface area contributed by atoms with Crippen LogP contribution in [0.5, 0.6) is 0 Å². The molecule has 0 unspecified atom stereocenters. The molecule has 0 spiro atoms. The van der Waals surface area contributed by atoms with Crippen molar-refractivity contribution in [3.05, 3.63) is 29.3 Å². The summed E-state index contributed by atoms with van der Waals surface area (Å²) in [5, 5.41) is 3.46. The van der Waals surface area contributed by atoms with Gasteiger partial charge >= 0.3 is 6.03 Å². The van der Waals surface area contributed by atoms with E-state index in [1.807, 2.05) is 0 Å². The van der Waals surface area contributed by atoms with Crippen LogP contribution < -0.4 is 5.32 Å². The fourth-order valence-corrected chi connectivity index (χ4v) is 1.51. The van der Waals surface area contributed by atoms with Crippen molar-refractivity contribution >= 4 is 23.3 Å². The Balaban J connectivity index is 2.54. The van der Waals surface area contributed by atoms with Crippen molar-refractivity contribution in [2.24, 2.45) is 5.92 Å². The number of rotatable bonds is 3. The van der Waals surface area contributed by atoms with Gasteiger partial charge in [0.1, 0.15) is 0 Å². The van der Waals surface area contributed by atoms with Crippen LogP contribution in [0.3, 0.4) is 0 Å². The number of benzene rings is 1. The summed E-state index contributed by atoms with van der Waals surface area (Å²) >= 11 is 5.76. The topological polar surface area (TPSA) is 32.3 Å². The SMILES string of the molecule is CC(C)CN(C)C(=O)Nc1ccc(Cl)cc1. The molecule has 1 aromatic rings. The standard InChI is InChI=1S/C12H17ClN2O/c1-9(2)8-15(3)12(16)14-11-6-4-10(13)5-7-11/h4-7,9H,8H2,1-3H3,(H,14,16). The first-order chi connectivity index (χ1) is 7.49. The summed E-state index contributed by atoms with van der Waals surface area (Å²) in [5.74, 6) is 0.459. The molecule has 1 N–H and O–H groups in total. The van der Waals surface area contributed by atoms with E-state index in [2.05, 4.69) is 19.2 Å². The number of halogens is 1. The maximum absolute atomic E-state index is 11.7. The number of nitrogens with zero attached hydrogens (tertiary/aromatic N) is 1. The van der Waals surface area contributed by atoms with Crippen LogP contribution in [0.4, 0.5) is 10.5 Å². The van der Waals surface area contributed by atoms with E-state index in [-0.39, 0.29) is 6.03 Å². The predicted molar refractivity (Wildman–Crippen MR) is 67.9 cm³/mol. The van der Waals surface area contributed by atoms with Gasteiger partial charge in [-0.15, -0.1) is 0 Å². The van der Waals surface area contributed by atoms with Crippen LogP contribution >= 0.6 is 11.6 Å². The van der Waals surface area contributed by atoms with Crippen LogP contribution in [0.25, 0.3) is 0 Å². The first-order valence-electron chi connectivity index (χ1n) is 5.26. The lowest BCUT2D eigenvalue weighted by Gasteiger charge is -2.19. The molecular formula is C12H17ClN2O. The molecule has 1 rings (SSSR count). The van der Waals surface area contributed by atoms with Gasteiger partial charge in [-0.2, -0.15) is 0 Å². The Kier molecular flexibility index (Phi) is 4.62. The van der Waals surface area contributed by atoms with Crippen molar-refractivity contribution < 1.29 is 4.79 Å². The van der Waals surface area contributed by atoms with Gasteiger partial charge in [0.15, 0.2) is 0 Å². The summed E-state index contributed by atoms with van der Waals surface area (Å²) < 4.78 is 0. The molecule has 1 aromatic carbocycles. The van der Waals surface area contributed by atoms with Gasteiger partial charge in [0.2, 0.25) is 0 Å². The minimum absolute atomic E-state index is 0.101. The first kappa shape index (κ1) is 12.8. The van der Waals surface area contributed by atoms with Gasteiger partial charge < -0.3 is 10.2 Å². The third-order valence-electron chi connectivity index (χ3n) is 2.08. The molecule has 0 radical (unpaired) electrons. The molecule has 16 heavy (non-hydrogen) atoms. The molecule has 2 amide bonds. The molecule has 0 aliphatic rings. The molecule has 0 fully saturated rings. The first-order valence-corrected chi connectivity index (χ1v) is 5.64. The zero-order valence-corrected chi connectivity index (χ0v) is 10.6. The highest BCUT2D eigenvalue weighted by molar-refractivity contribution is 6.30. The van der Waals surface area contributed by atoms with Gasteiger partial charge in [0, 0.05) is 24.3 Å². The minimum Gasteiger partial charge on any atom is -0.327 e. The van der Waals surface area contributed by atoms with Crippen LogP contribution in [0, 0.1) is 5.92 Å². The van der Waals surface area contributed by atoms with E-state index in [0.717, 1.165) is 12.2 Å². The zero-order chi connectivity index (χ0) is 12.1. The third-order valence-corrected chi connectivity index (χ3v) is 2.33. The summed E-state index contributed by atoms with van der Waals surface area (Å²) in [5.41, 5.74) is 0.755. The van der Waals surface area contributed by atoms with E-state index in [4.69, 9.17) is 11.6 Å². The fourth-order valence-electron chi connectivity index (χ4n) is 1.38. The number of carbonyl (C=O) groups excluding carboxylic acids is 1. The molecule has 0 aliphatic heterocycles. The number of hydrogen-bond acceptors (Lipinski definition) is 1. The lowest BCUT2D eigenvalue weighted by Crippen LogP contribution is -2.34. The molecule has 3 nitrogen and oxygen atoms in total. The summed E-state index contributed by atoms with van der Waals surface area (Å²) in [6.07, 6.45) is 0. The van der Waals surface area contributed by atoms with Crippen LogP contribution in [0.2, 0.25) is 5.02 Å². The highest BCUT2D eigenvalue weighted by Crippen LogP contribution is 2.13. The molecule has 0 heterocycles. The summed E-state index contributed by atoms with van der Waals surface area (Å²) in [4.78, 5) is 13.4. The molecule has 4 heteroatoms. The van der Waals surface area contributed by atoms with Gasteiger partial charge in [-0.1, -0.05) is 25.4 Å². The lowest BCUT2D eigenvalue weighted by atomic mass is 10.2. The number of amides is 2. The Labute approximate surface area is 101 Å². The largest absolute Gasteiger partial charge is 0.327 e. The lowest BCUT2D eigenvalue weighted by molar-refractivity contribution is 0.217. The maximum Gasteiger partial charge on any atom is 0.321 e. The number of carbonyl (C=O) groups is 1. The van der Waals surface area contributed by atoms with Gasteiger partial charge in [-0.25, -0.2) is 4.79 Å². The third kappa shape index (κ3) is 4.11. The quantitative estimate of drug-likeness (QED) is 0.862. The number of urea groups is 1. The second-order valence-corrected chi connectivity index (χ2v) is 4.65. The van der Waals surface area contributed by atoms with Crippen LogP contribution in [0.1, 0.15) is 13.8 Å². The van der Waals surface area contributed by atoms with Gasteiger partial charge in [-0.05, 0) is 30.2 Å². The molecule has 0 saturated carbocycles. The number of hydrogen-bond donors (Lipinski definition) is 1. The molecule has 0 aromatic heterocycles. The molecule has 88 valence electrons. The van der Waals surface area contributed by atoms with Crippen LogP contribution in [0.15, 0.2) is 24.3 Å². The molecule has 0 atom stereocenters. The predicted octanol–water partition coefficient (Wildman–Crippen LogP) is 3.46. The minimum atomic E-state index is -0.101. The normalized spacial score (nSPS) is 10.3. The molecule has 0 aliphatic carbocycles. The number of anilines is 1.